The van der Waals surface area contributed by atoms with Crippen molar-refractivity contribution in [1.29, 1.82) is 0 Å². The van der Waals surface area contributed by atoms with Crippen molar-refractivity contribution in [3.63, 3.8) is 0 Å². The van der Waals surface area contributed by atoms with Crippen molar-refractivity contribution in [3.05, 3.63) is 42.5 Å². The number of rotatable bonds is 3. The van der Waals surface area contributed by atoms with Gasteiger partial charge in [-0.05, 0) is 37.6 Å². The van der Waals surface area contributed by atoms with E-state index in [1.807, 2.05) is 28.4 Å². The first kappa shape index (κ1) is 13.1. The Morgan fingerprint density at radius 2 is 2.18 bits per heavy atom. The first-order valence-corrected chi connectivity index (χ1v) is 7.47. The van der Waals surface area contributed by atoms with E-state index < -0.39 is 0 Å². The minimum atomic E-state index is 0.246. The lowest BCUT2D eigenvalue weighted by molar-refractivity contribution is 0.254. The van der Waals surface area contributed by atoms with Gasteiger partial charge in [0.25, 0.3) is 0 Å². The van der Waals surface area contributed by atoms with E-state index >= 15 is 0 Å². The molecular formula is C16H17N5O. The zero-order chi connectivity index (χ0) is 15.1. The molecule has 0 aliphatic carbocycles. The Morgan fingerprint density at radius 3 is 3.05 bits per heavy atom. The van der Waals surface area contributed by atoms with Gasteiger partial charge in [-0.15, -0.1) is 0 Å². The number of ether oxygens (including phenoxy) is 1. The molecule has 0 saturated carbocycles. The summed E-state index contributed by atoms with van der Waals surface area (Å²) in [7, 11) is 0. The molecule has 0 amide bonds. The highest BCUT2D eigenvalue weighted by Gasteiger charge is 2.20. The molecular weight excluding hydrogens is 278 g/mol. The van der Waals surface area contributed by atoms with E-state index in [2.05, 4.69) is 34.1 Å². The largest absolute Gasteiger partial charge is 0.490 e. The molecule has 3 aromatic rings. The van der Waals surface area contributed by atoms with Gasteiger partial charge in [-0.2, -0.15) is 5.10 Å². The van der Waals surface area contributed by atoms with Crippen LogP contribution in [0.2, 0.25) is 0 Å². The second-order valence-corrected chi connectivity index (χ2v) is 5.44. The molecule has 1 aliphatic rings. The van der Waals surface area contributed by atoms with Gasteiger partial charge in [0.1, 0.15) is 18.2 Å². The molecule has 4 rings (SSSR count). The van der Waals surface area contributed by atoms with Crippen molar-refractivity contribution in [3.8, 4) is 23.1 Å². The van der Waals surface area contributed by atoms with E-state index in [-0.39, 0.29) is 6.10 Å². The SMILES string of the molecule is CCn1ncnc1-c1nccn1-c1ccc2c(c1)CC(C)O2. The summed E-state index contributed by atoms with van der Waals surface area (Å²) in [5, 5.41) is 4.23. The van der Waals surface area contributed by atoms with E-state index in [1.54, 1.807) is 12.5 Å². The minimum absolute atomic E-state index is 0.246. The summed E-state index contributed by atoms with van der Waals surface area (Å²) in [6.45, 7) is 4.89. The molecule has 0 bridgehead atoms. The van der Waals surface area contributed by atoms with Crippen LogP contribution >= 0.6 is 0 Å². The van der Waals surface area contributed by atoms with Crippen LogP contribution in [0, 0.1) is 0 Å². The minimum Gasteiger partial charge on any atom is -0.490 e. The average molecular weight is 295 g/mol. The van der Waals surface area contributed by atoms with Gasteiger partial charge in [0.2, 0.25) is 0 Å². The number of hydrogen-bond acceptors (Lipinski definition) is 4. The maximum atomic E-state index is 5.77. The highest BCUT2D eigenvalue weighted by atomic mass is 16.5. The third kappa shape index (κ3) is 1.99. The molecule has 112 valence electrons. The summed E-state index contributed by atoms with van der Waals surface area (Å²) in [4.78, 5) is 8.80. The lowest BCUT2D eigenvalue weighted by Crippen LogP contribution is -2.05. The molecule has 1 atom stereocenters. The molecule has 1 unspecified atom stereocenters. The number of imidazole rings is 1. The Kier molecular flexibility index (Phi) is 2.96. The number of hydrogen-bond donors (Lipinski definition) is 0. The van der Waals surface area contributed by atoms with Crippen molar-refractivity contribution in [1.82, 2.24) is 24.3 Å². The Hall–Kier alpha value is -2.63. The van der Waals surface area contributed by atoms with Gasteiger partial charge in [-0.25, -0.2) is 14.6 Å². The van der Waals surface area contributed by atoms with Gasteiger partial charge >= 0.3 is 0 Å². The van der Waals surface area contributed by atoms with E-state index in [1.165, 1.54) is 5.56 Å². The van der Waals surface area contributed by atoms with Crippen LogP contribution in [0.3, 0.4) is 0 Å². The summed E-state index contributed by atoms with van der Waals surface area (Å²) in [6.07, 6.45) is 6.49. The van der Waals surface area contributed by atoms with Crippen LogP contribution in [0.15, 0.2) is 36.9 Å². The van der Waals surface area contributed by atoms with Crippen LogP contribution in [0.5, 0.6) is 5.75 Å². The average Bonchev–Trinajstić information content (AvgIpc) is 3.23. The fourth-order valence-electron chi connectivity index (χ4n) is 2.90. The molecule has 0 saturated heterocycles. The third-order valence-electron chi connectivity index (χ3n) is 3.91. The zero-order valence-electron chi connectivity index (χ0n) is 12.6. The van der Waals surface area contributed by atoms with Gasteiger partial charge < -0.3 is 4.74 Å². The van der Waals surface area contributed by atoms with Crippen LogP contribution in [0.4, 0.5) is 0 Å². The van der Waals surface area contributed by atoms with Crippen LogP contribution in [-0.4, -0.2) is 30.4 Å². The molecule has 0 spiro atoms. The van der Waals surface area contributed by atoms with Crippen molar-refractivity contribution in [2.24, 2.45) is 0 Å². The van der Waals surface area contributed by atoms with E-state index in [0.29, 0.717) is 0 Å². The summed E-state index contributed by atoms with van der Waals surface area (Å²) in [5.41, 5.74) is 2.30. The molecule has 6 nitrogen and oxygen atoms in total. The first-order chi connectivity index (χ1) is 10.8. The Balaban J connectivity index is 1.79. The lowest BCUT2D eigenvalue weighted by atomic mass is 10.1. The fraction of sp³-hybridized carbons (Fsp3) is 0.312. The maximum absolute atomic E-state index is 5.77. The highest BCUT2D eigenvalue weighted by molar-refractivity contribution is 5.53. The monoisotopic (exact) mass is 295 g/mol. The summed E-state index contributed by atoms with van der Waals surface area (Å²) < 4.78 is 9.65. The van der Waals surface area contributed by atoms with Crippen molar-refractivity contribution >= 4 is 0 Å². The molecule has 22 heavy (non-hydrogen) atoms. The predicted molar refractivity (Wildman–Crippen MR) is 82.0 cm³/mol. The predicted octanol–water partition coefficient (Wildman–Crippen LogP) is 2.47. The number of nitrogens with zero attached hydrogens (tertiary/aromatic N) is 5. The summed E-state index contributed by atoms with van der Waals surface area (Å²) in [6, 6.07) is 6.24. The fourth-order valence-corrected chi connectivity index (χ4v) is 2.90. The second kappa shape index (κ2) is 4.98. The van der Waals surface area contributed by atoms with E-state index in [9.17, 15) is 0 Å². The van der Waals surface area contributed by atoms with Crippen LogP contribution in [0.25, 0.3) is 17.3 Å². The Morgan fingerprint density at radius 1 is 1.27 bits per heavy atom. The van der Waals surface area contributed by atoms with Crippen molar-refractivity contribution in [2.45, 2.75) is 32.9 Å². The molecule has 0 N–H and O–H groups in total. The summed E-state index contributed by atoms with van der Waals surface area (Å²) in [5.74, 6) is 2.55. The zero-order valence-corrected chi connectivity index (χ0v) is 12.6. The van der Waals surface area contributed by atoms with Gasteiger partial charge in [-0.3, -0.25) is 4.57 Å². The molecule has 0 fully saturated rings. The van der Waals surface area contributed by atoms with Gasteiger partial charge in [0.05, 0.1) is 0 Å². The van der Waals surface area contributed by atoms with Gasteiger partial charge in [0.15, 0.2) is 11.6 Å². The number of benzene rings is 1. The molecule has 6 heteroatoms. The standard InChI is InChI=1S/C16H17N5O/c1-3-21-16(18-10-19-21)15-17-6-7-20(15)13-4-5-14-12(9-13)8-11(2)22-14/h4-7,9-11H,3,8H2,1-2H3. The van der Waals surface area contributed by atoms with Crippen molar-refractivity contribution in [2.75, 3.05) is 0 Å². The quantitative estimate of drug-likeness (QED) is 0.745. The van der Waals surface area contributed by atoms with Crippen LogP contribution in [0.1, 0.15) is 19.4 Å². The van der Waals surface area contributed by atoms with E-state index in [4.69, 9.17) is 4.74 Å². The van der Waals surface area contributed by atoms with Gasteiger partial charge in [0, 0.05) is 31.0 Å². The Labute approximate surface area is 128 Å². The number of aromatic nitrogens is 5. The number of fused-ring (bicyclic) bond motifs is 1. The topological polar surface area (TPSA) is 57.8 Å². The first-order valence-electron chi connectivity index (χ1n) is 7.47. The van der Waals surface area contributed by atoms with Gasteiger partial charge in [-0.1, -0.05) is 0 Å². The van der Waals surface area contributed by atoms with E-state index in [0.717, 1.165) is 36.1 Å². The van der Waals surface area contributed by atoms with Crippen LogP contribution in [-0.2, 0) is 13.0 Å². The molecule has 2 aromatic heterocycles. The normalized spacial score (nSPS) is 16.5. The van der Waals surface area contributed by atoms with Crippen molar-refractivity contribution < 1.29 is 4.74 Å². The maximum Gasteiger partial charge on any atom is 0.194 e. The third-order valence-corrected chi connectivity index (χ3v) is 3.91. The van der Waals surface area contributed by atoms with Crippen LogP contribution < -0.4 is 4.74 Å². The highest BCUT2D eigenvalue weighted by Crippen LogP contribution is 2.31. The summed E-state index contributed by atoms with van der Waals surface area (Å²) >= 11 is 0. The lowest BCUT2D eigenvalue weighted by Gasteiger charge is -2.09. The molecule has 1 aliphatic heterocycles. The smallest absolute Gasteiger partial charge is 0.194 e. The molecule has 1 aromatic carbocycles. The number of aryl methyl sites for hydroxylation is 1. The molecule has 3 heterocycles. The second-order valence-electron chi connectivity index (χ2n) is 5.44. The Bertz CT molecular complexity index is 820. The molecule has 0 radical (unpaired) electrons.